The molecule has 0 saturated carbocycles. The van der Waals surface area contributed by atoms with Crippen LogP contribution in [0.3, 0.4) is 0 Å². The molecule has 2 aliphatic rings. The van der Waals surface area contributed by atoms with E-state index in [1.807, 2.05) is 0 Å². The molecular weight excluding hydrogens is 562 g/mol. The molecule has 1 amide bonds. The molecule has 0 spiro atoms. The molecule has 0 aromatic heterocycles. The van der Waals surface area contributed by atoms with Gasteiger partial charge in [-0.15, -0.1) is 0 Å². The molecule has 0 radical (unpaired) electrons. The van der Waals surface area contributed by atoms with Gasteiger partial charge in [0, 0.05) is 41.0 Å². The van der Waals surface area contributed by atoms with Gasteiger partial charge in [-0.25, -0.2) is 0 Å². The van der Waals surface area contributed by atoms with E-state index in [1.54, 1.807) is 32.9 Å². The first-order valence-corrected chi connectivity index (χ1v) is 14.0. The van der Waals surface area contributed by atoms with Crippen molar-refractivity contribution in [3.63, 3.8) is 0 Å². The molecule has 1 saturated heterocycles. The highest BCUT2D eigenvalue weighted by atomic mass is 16.7. The van der Waals surface area contributed by atoms with E-state index in [9.17, 15) is 39.6 Å². The summed E-state index contributed by atoms with van der Waals surface area (Å²) in [5, 5.41) is 42.1. The Bertz CT molecular complexity index is 1370. The summed E-state index contributed by atoms with van der Waals surface area (Å²) in [6.07, 6.45) is -1.47. The molecule has 1 aliphatic heterocycles. The van der Waals surface area contributed by atoms with Crippen molar-refractivity contribution in [2.24, 2.45) is 11.7 Å². The maximum atomic E-state index is 13.6. The van der Waals surface area contributed by atoms with Crippen molar-refractivity contribution in [2.45, 2.75) is 77.5 Å². The second-order valence-corrected chi connectivity index (χ2v) is 10.6. The van der Waals surface area contributed by atoms with Gasteiger partial charge in [-0.1, -0.05) is 19.1 Å². The van der Waals surface area contributed by atoms with Crippen LogP contribution in [-0.2, 0) is 25.5 Å². The predicted molar refractivity (Wildman–Crippen MR) is 153 cm³/mol. The molecule has 6 N–H and O–H groups in total. The largest absolute Gasteiger partial charge is 0.507 e. The first-order valence-electron chi connectivity index (χ1n) is 14.0. The summed E-state index contributed by atoms with van der Waals surface area (Å²) in [4.78, 5) is 48.0. The number of rotatable bonds is 9. The topological polar surface area (TPSA) is 203 Å². The molecule has 1 fully saturated rings. The molecule has 0 bridgehead atoms. The van der Waals surface area contributed by atoms with Crippen LogP contribution < -0.4 is 10.5 Å². The SMILES string of the molecule is CCC(N)=O.COc1cccc(C(=O)c2c(O)c3c(c(O)c2C=O)[C@@H](OC2CC[C@H](O)C(C)O2)CC(C(=O)CO)C3)c1C. The molecule has 234 valence electrons. The molecule has 3 unspecified atom stereocenters. The number of phenols is 2. The highest BCUT2D eigenvalue weighted by Gasteiger charge is 2.41. The van der Waals surface area contributed by atoms with Crippen molar-refractivity contribution < 1.29 is 53.8 Å². The highest BCUT2D eigenvalue weighted by Crippen LogP contribution is 2.49. The van der Waals surface area contributed by atoms with Crippen molar-refractivity contribution in [3.8, 4) is 17.2 Å². The van der Waals surface area contributed by atoms with Gasteiger partial charge >= 0.3 is 0 Å². The number of hydrogen-bond donors (Lipinski definition) is 5. The number of Topliss-reactive ketones (excluding diaryl/α,β-unsaturated/α-hetero) is 1. The zero-order valence-corrected chi connectivity index (χ0v) is 24.7. The third-order valence-electron chi connectivity index (χ3n) is 7.87. The number of carbonyl (C=O) groups excluding carboxylic acids is 4. The summed E-state index contributed by atoms with van der Waals surface area (Å²) in [6.45, 7) is 4.34. The van der Waals surface area contributed by atoms with Crippen molar-refractivity contribution in [2.75, 3.05) is 13.7 Å². The van der Waals surface area contributed by atoms with Crippen LogP contribution in [0.1, 0.15) is 88.6 Å². The van der Waals surface area contributed by atoms with Gasteiger partial charge in [0.25, 0.3) is 0 Å². The maximum absolute atomic E-state index is 13.6. The number of aliphatic hydroxyl groups excluding tert-OH is 2. The lowest BCUT2D eigenvalue weighted by Gasteiger charge is -2.38. The van der Waals surface area contributed by atoms with Crippen LogP contribution in [0.2, 0.25) is 0 Å². The fourth-order valence-electron chi connectivity index (χ4n) is 5.35. The fourth-order valence-corrected chi connectivity index (χ4v) is 5.35. The predicted octanol–water partition coefficient (Wildman–Crippen LogP) is 2.41. The summed E-state index contributed by atoms with van der Waals surface area (Å²) in [7, 11) is 1.45. The molecule has 12 nitrogen and oxygen atoms in total. The minimum Gasteiger partial charge on any atom is -0.507 e. The molecular formula is C31H39NO11. The molecule has 4 rings (SSSR count). The van der Waals surface area contributed by atoms with Gasteiger partial charge in [-0.2, -0.15) is 0 Å². The number of nitrogens with two attached hydrogens (primary N) is 1. The second kappa shape index (κ2) is 14.6. The lowest BCUT2D eigenvalue weighted by Crippen LogP contribution is -2.39. The Hall–Kier alpha value is -3.84. The van der Waals surface area contributed by atoms with E-state index in [-0.39, 0.29) is 35.4 Å². The Labute approximate surface area is 249 Å². The summed E-state index contributed by atoms with van der Waals surface area (Å²) < 4.78 is 17.1. The number of ether oxygens (including phenoxy) is 3. The molecule has 12 heteroatoms. The molecule has 43 heavy (non-hydrogen) atoms. The lowest BCUT2D eigenvalue weighted by atomic mass is 9.76. The molecule has 2 aromatic carbocycles. The van der Waals surface area contributed by atoms with Gasteiger partial charge in [0.2, 0.25) is 5.91 Å². The van der Waals surface area contributed by atoms with E-state index < -0.39 is 71.3 Å². The number of ketones is 2. The zero-order valence-electron chi connectivity index (χ0n) is 24.7. The van der Waals surface area contributed by atoms with Crippen LogP contribution in [0.15, 0.2) is 18.2 Å². The molecule has 1 heterocycles. The normalized spacial score (nSPS) is 22.9. The quantitative estimate of drug-likeness (QED) is 0.160. The number of aliphatic hydroxyl groups is 2. The van der Waals surface area contributed by atoms with Crippen LogP contribution in [0.5, 0.6) is 17.2 Å². The Kier molecular flexibility index (Phi) is 11.4. The summed E-state index contributed by atoms with van der Waals surface area (Å²) >= 11 is 0. The number of aldehydes is 1. The highest BCUT2D eigenvalue weighted by molar-refractivity contribution is 6.16. The van der Waals surface area contributed by atoms with Crippen LogP contribution >= 0.6 is 0 Å². The number of benzene rings is 2. The van der Waals surface area contributed by atoms with E-state index in [0.29, 0.717) is 36.9 Å². The smallest absolute Gasteiger partial charge is 0.217 e. The van der Waals surface area contributed by atoms with Gasteiger partial charge in [-0.3, -0.25) is 19.2 Å². The van der Waals surface area contributed by atoms with Crippen molar-refractivity contribution in [1.29, 1.82) is 0 Å². The number of fused-ring (bicyclic) bond motifs is 1. The van der Waals surface area contributed by atoms with E-state index in [0.717, 1.165) is 0 Å². The third kappa shape index (κ3) is 7.21. The average Bonchev–Trinajstić information content (AvgIpc) is 2.99. The molecule has 2 aromatic rings. The van der Waals surface area contributed by atoms with Crippen LogP contribution in [0, 0.1) is 12.8 Å². The van der Waals surface area contributed by atoms with E-state index in [2.05, 4.69) is 5.73 Å². The van der Waals surface area contributed by atoms with Gasteiger partial charge < -0.3 is 40.4 Å². The van der Waals surface area contributed by atoms with E-state index in [4.69, 9.17) is 14.2 Å². The van der Waals surface area contributed by atoms with Gasteiger partial charge in [0.15, 0.2) is 24.1 Å². The molecule has 5 atom stereocenters. The van der Waals surface area contributed by atoms with Crippen molar-refractivity contribution >= 4 is 23.8 Å². The van der Waals surface area contributed by atoms with Gasteiger partial charge in [0.05, 0.1) is 36.5 Å². The summed E-state index contributed by atoms with van der Waals surface area (Å²) in [5.74, 6) is -2.86. The number of primary amides is 1. The van der Waals surface area contributed by atoms with Gasteiger partial charge in [0.1, 0.15) is 23.9 Å². The first-order chi connectivity index (χ1) is 20.4. The number of methoxy groups -OCH3 is 1. The first kappa shape index (κ1) is 33.7. The number of amides is 1. The van der Waals surface area contributed by atoms with Crippen LogP contribution in [-0.4, -0.2) is 76.4 Å². The van der Waals surface area contributed by atoms with Crippen LogP contribution in [0.4, 0.5) is 0 Å². The van der Waals surface area contributed by atoms with Crippen LogP contribution in [0.25, 0.3) is 0 Å². The third-order valence-corrected chi connectivity index (χ3v) is 7.87. The average molecular weight is 602 g/mol. The fraction of sp³-hybridized carbons (Fsp3) is 0.484. The number of aromatic hydroxyl groups is 2. The maximum Gasteiger partial charge on any atom is 0.217 e. The standard InChI is InChI=1S/C28H32O10.C3H7NO/c1-13-16(5-4-6-21(13)36-3)26(33)25-18(11-29)28(35)24-17(27(25)34)9-15(20(32)12-30)10-22(24)38-23-8-7-19(31)14(2)37-23;1-2-3(4)5/h4-6,11,14-15,19,22-23,30-31,34-35H,7-10,12H2,1-3H3;2H2,1H3,(H2,4,5)/t14?,15?,19-,22-,23?;/m0./s1. The molecule has 1 aliphatic carbocycles. The second-order valence-electron chi connectivity index (χ2n) is 10.6. The lowest BCUT2D eigenvalue weighted by molar-refractivity contribution is -0.239. The monoisotopic (exact) mass is 601 g/mol. The van der Waals surface area contributed by atoms with E-state index >= 15 is 0 Å². The van der Waals surface area contributed by atoms with Crippen molar-refractivity contribution in [3.05, 3.63) is 51.6 Å². The number of phenolic OH excluding ortho intramolecular Hbond substituents is 2. The Morgan fingerprint density at radius 1 is 1.16 bits per heavy atom. The zero-order chi connectivity index (χ0) is 32.0. The Morgan fingerprint density at radius 2 is 1.84 bits per heavy atom. The minimum atomic E-state index is -0.987. The number of carbonyl (C=O) groups is 4. The van der Waals surface area contributed by atoms with E-state index in [1.165, 1.54) is 13.2 Å². The minimum absolute atomic E-state index is 0.0524. The van der Waals surface area contributed by atoms with Gasteiger partial charge in [-0.05, 0) is 39.2 Å². The van der Waals surface area contributed by atoms with Crippen molar-refractivity contribution in [1.82, 2.24) is 0 Å². The Morgan fingerprint density at radius 3 is 2.40 bits per heavy atom. The number of hydrogen-bond acceptors (Lipinski definition) is 11. The summed E-state index contributed by atoms with van der Waals surface area (Å²) in [5.41, 5.74) is 4.68. The Balaban J connectivity index is 0.000000934. The summed E-state index contributed by atoms with van der Waals surface area (Å²) in [6, 6.07) is 4.78.